The molecule has 0 aromatic carbocycles. The molecule has 0 aromatic rings. The molecule has 3 heterocycles. The van der Waals surface area contributed by atoms with Crippen molar-refractivity contribution in [3.8, 4) is 0 Å². The summed E-state index contributed by atoms with van der Waals surface area (Å²) >= 11 is 0. The van der Waals surface area contributed by atoms with Gasteiger partial charge in [-0.1, -0.05) is 0 Å². The van der Waals surface area contributed by atoms with E-state index in [9.17, 15) is 9.59 Å². The van der Waals surface area contributed by atoms with Crippen LogP contribution in [0, 0.1) is 5.41 Å². The summed E-state index contributed by atoms with van der Waals surface area (Å²) in [6.45, 7) is 5.82. The van der Waals surface area contributed by atoms with E-state index in [2.05, 4.69) is 4.90 Å². The molecule has 0 radical (unpaired) electrons. The van der Waals surface area contributed by atoms with E-state index < -0.39 is 0 Å². The summed E-state index contributed by atoms with van der Waals surface area (Å²) in [5.74, 6) is 0.411. The SMILES string of the molecule is CN1CC2(COCCN(CC(=O)N3CCCC3)C2)CC1=O. The molecule has 0 bridgehead atoms. The average molecular weight is 295 g/mol. The number of carbonyl (C=O) groups is 2. The maximum Gasteiger partial charge on any atom is 0.236 e. The number of rotatable bonds is 2. The lowest BCUT2D eigenvalue weighted by molar-refractivity contribution is -0.131. The zero-order chi connectivity index (χ0) is 14.9. The first-order chi connectivity index (χ1) is 10.1. The van der Waals surface area contributed by atoms with E-state index in [4.69, 9.17) is 4.74 Å². The summed E-state index contributed by atoms with van der Waals surface area (Å²) in [6, 6.07) is 0. The first-order valence-electron chi connectivity index (χ1n) is 7.90. The fourth-order valence-electron chi connectivity index (χ4n) is 3.78. The molecule has 21 heavy (non-hydrogen) atoms. The van der Waals surface area contributed by atoms with E-state index >= 15 is 0 Å². The van der Waals surface area contributed by atoms with Gasteiger partial charge in [-0.2, -0.15) is 0 Å². The van der Waals surface area contributed by atoms with Crippen LogP contribution >= 0.6 is 0 Å². The largest absolute Gasteiger partial charge is 0.379 e. The highest BCUT2D eigenvalue weighted by Crippen LogP contribution is 2.33. The molecular weight excluding hydrogens is 270 g/mol. The molecule has 0 N–H and O–H groups in total. The van der Waals surface area contributed by atoms with E-state index in [-0.39, 0.29) is 17.2 Å². The van der Waals surface area contributed by atoms with Gasteiger partial charge in [-0.05, 0) is 12.8 Å². The second kappa shape index (κ2) is 5.93. The zero-order valence-electron chi connectivity index (χ0n) is 12.8. The monoisotopic (exact) mass is 295 g/mol. The Morgan fingerprint density at radius 3 is 2.67 bits per heavy atom. The fraction of sp³-hybridized carbons (Fsp3) is 0.867. The predicted molar refractivity (Wildman–Crippen MR) is 77.8 cm³/mol. The van der Waals surface area contributed by atoms with Crippen LogP contribution in [0.15, 0.2) is 0 Å². The summed E-state index contributed by atoms with van der Waals surface area (Å²) in [6.07, 6.45) is 2.79. The summed E-state index contributed by atoms with van der Waals surface area (Å²) in [7, 11) is 1.85. The van der Waals surface area contributed by atoms with Crippen molar-refractivity contribution < 1.29 is 14.3 Å². The minimum absolute atomic E-state index is 0.131. The number of carbonyl (C=O) groups excluding carboxylic acids is 2. The lowest BCUT2D eigenvalue weighted by atomic mass is 9.87. The molecule has 0 aromatic heterocycles. The van der Waals surface area contributed by atoms with Gasteiger partial charge in [0.15, 0.2) is 0 Å². The third-order valence-electron chi connectivity index (χ3n) is 4.86. The van der Waals surface area contributed by atoms with Gasteiger partial charge in [-0.25, -0.2) is 0 Å². The van der Waals surface area contributed by atoms with Crippen molar-refractivity contribution in [2.75, 3.05) is 59.5 Å². The first-order valence-corrected chi connectivity index (χ1v) is 7.90. The average Bonchev–Trinajstić information content (AvgIpc) is 3.00. The zero-order valence-corrected chi connectivity index (χ0v) is 12.8. The van der Waals surface area contributed by atoms with Crippen LogP contribution in [0.1, 0.15) is 19.3 Å². The Morgan fingerprint density at radius 1 is 1.24 bits per heavy atom. The lowest BCUT2D eigenvalue weighted by Crippen LogP contribution is -2.45. The van der Waals surface area contributed by atoms with Crippen molar-refractivity contribution >= 4 is 11.8 Å². The molecule has 118 valence electrons. The molecule has 3 rings (SSSR count). The third kappa shape index (κ3) is 3.21. The molecule has 0 aliphatic carbocycles. The van der Waals surface area contributed by atoms with Crippen LogP contribution in [0.2, 0.25) is 0 Å². The molecular formula is C15H25N3O3. The van der Waals surface area contributed by atoms with Gasteiger partial charge in [0.2, 0.25) is 11.8 Å². The number of hydrogen-bond donors (Lipinski definition) is 0. The molecule has 1 spiro atoms. The molecule has 3 aliphatic heterocycles. The highest BCUT2D eigenvalue weighted by atomic mass is 16.5. The minimum Gasteiger partial charge on any atom is -0.379 e. The number of likely N-dealkylation sites (tertiary alicyclic amines) is 2. The fourth-order valence-corrected chi connectivity index (χ4v) is 3.78. The van der Waals surface area contributed by atoms with Crippen molar-refractivity contribution in [2.45, 2.75) is 19.3 Å². The smallest absolute Gasteiger partial charge is 0.236 e. The summed E-state index contributed by atoms with van der Waals surface area (Å²) in [5.41, 5.74) is -0.131. The van der Waals surface area contributed by atoms with Crippen LogP contribution < -0.4 is 0 Å². The quantitative estimate of drug-likeness (QED) is 0.707. The molecule has 6 heteroatoms. The Bertz CT molecular complexity index is 422. The standard InChI is InChI=1S/C15H25N3O3/c1-16-10-15(8-13(16)19)11-17(6-7-21-12-15)9-14(20)18-4-2-3-5-18/h2-12H2,1H3. The maximum absolute atomic E-state index is 12.3. The van der Waals surface area contributed by atoms with Gasteiger partial charge in [0.1, 0.15) is 0 Å². The number of amides is 2. The van der Waals surface area contributed by atoms with Crippen LogP contribution in [-0.2, 0) is 14.3 Å². The van der Waals surface area contributed by atoms with Crippen molar-refractivity contribution in [3.05, 3.63) is 0 Å². The van der Waals surface area contributed by atoms with Gasteiger partial charge in [0.25, 0.3) is 0 Å². The number of ether oxygens (including phenoxy) is 1. The van der Waals surface area contributed by atoms with E-state index in [1.807, 2.05) is 11.9 Å². The van der Waals surface area contributed by atoms with Crippen molar-refractivity contribution in [3.63, 3.8) is 0 Å². The van der Waals surface area contributed by atoms with Gasteiger partial charge < -0.3 is 14.5 Å². The van der Waals surface area contributed by atoms with Crippen molar-refractivity contribution in [2.24, 2.45) is 5.41 Å². The summed E-state index contributed by atoms with van der Waals surface area (Å²) in [5, 5.41) is 0. The summed E-state index contributed by atoms with van der Waals surface area (Å²) < 4.78 is 5.72. The van der Waals surface area contributed by atoms with Crippen LogP contribution in [0.5, 0.6) is 0 Å². The molecule has 1 unspecified atom stereocenters. The van der Waals surface area contributed by atoms with E-state index in [1.54, 1.807) is 4.90 Å². The second-order valence-electron chi connectivity index (χ2n) is 6.78. The van der Waals surface area contributed by atoms with Gasteiger partial charge in [-0.3, -0.25) is 14.5 Å². The first kappa shape index (κ1) is 14.8. The molecule has 3 aliphatic rings. The van der Waals surface area contributed by atoms with Gasteiger partial charge in [0, 0.05) is 51.6 Å². The van der Waals surface area contributed by atoms with Crippen LogP contribution in [0.3, 0.4) is 0 Å². The molecule has 1 atom stereocenters. The predicted octanol–water partition coefficient (Wildman–Crippen LogP) is -0.210. The van der Waals surface area contributed by atoms with Crippen LogP contribution in [-0.4, -0.2) is 86.0 Å². The second-order valence-corrected chi connectivity index (χ2v) is 6.78. The Morgan fingerprint density at radius 2 is 2.00 bits per heavy atom. The Kier molecular flexibility index (Phi) is 4.17. The maximum atomic E-state index is 12.3. The van der Waals surface area contributed by atoms with Crippen molar-refractivity contribution in [1.29, 1.82) is 0 Å². The minimum atomic E-state index is -0.131. The topological polar surface area (TPSA) is 53.1 Å². The third-order valence-corrected chi connectivity index (χ3v) is 4.86. The van der Waals surface area contributed by atoms with Crippen LogP contribution in [0.4, 0.5) is 0 Å². The highest BCUT2D eigenvalue weighted by molar-refractivity contribution is 5.80. The van der Waals surface area contributed by atoms with Gasteiger partial charge in [0.05, 0.1) is 19.8 Å². The Hall–Kier alpha value is -1.14. The molecule has 3 fully saturated rings. The molecule has 0 saturated carbocycles. The Balaban J connectivity index is 1.62. The lowest BCUT2D eigenvalue weighted by Gasteiger charge is -2.31. The number of nitrogens with zero attached hydrogens (tertiary/aromatic N) is 3. The van der Waals surface area contributed by atoms with E-state index in [1.165, 1.54) is 0 Å². The van der Waals surface area contributed by atoms with E-state index in [0.717, 1.165) is 45.6 Å². The molecule has 3 saturated heterocycles. The van der Waals surface area contributed by atoms with Gasteiger partial charge in [-0.15, -0.1) is 0 Å². The van der Waals surface area contributed by atoms with Crippen LogP contribution in [0.25, 0.3) is 0 Å². The van der Waals surface area contributed by atoms with E-state index in [0.29, 0.717) is 26.2 Å². The van der Waals surface area contributed by atoms with Crippen molar-refractivity contribution in [1.82, 2.24) is 14.7 Å². The van der Waals surface area contributed by atoms with Gasteiger partial charge >= 0.3 is 0 Å². The Labute approximate surface area is 126 Å². The normalized spacial score (nSPS) is 31.2. The molecule has 6 nitrogen and oxygen atoms in total. The highest BCUT2D eigenvalue weighted by Gasteiger charge is 2.44. The number of hydrogen-bond acceptors (Lipinski definition) is 4. The summed E-state index contributed by atoms with van der Waals surface area (Å²) in [4.78, 5) is 30.1. The molecule has 2 amide bonds.